The Bertz CT molecular complexity index is 569. The van der Waals surface area contributed by atoms with Crippen LogP contribution in [0.4, 0.5) is 5.82 Å². The second-order valence-electron chi connectivity index (χ2n) is 5.80. The molecule has 0 radical (unpaired) electrons. The van der Waals surface area contributed by atoms with Gasteiger partial charge in [-0.25, -0.2) is 0 Å². The van der Waals surface area contributed by atoms with Gasteiger partial charge in [-0.2, -0.15) is 0 Å². The van der Waals surface area contributed by atoms with Crippen molar-refractivity contribution in [2.75, 3.05) is 18.4 Å². The Morgan fingerprint density at radius 2 is 1.86 bits per heavy atom. The number of hydrogen-bond donors (Lipinski definition) is 2. The Morgan fingerprint density at radius 1 is 1.14 bits per heavy atom. The van der Waals surface area contributed by atoms with Crippen LogP contribution in [0.3, 0.4) is 0 Å². The Labute approximate surface area is 124 Å². The molecule has 0 aliphatic carbocycles. The molecule has 0 fully saturated rings. The molecule has 6 nitrogen and oxygen atoms in total. The Hall–Kier alpha value is -2.37. The topological polar surface area (TPSA) is 71.8 Å². The summed E-state index contributed by atoms with van der Waals surface area (Å²) in [4.78, 5) is 11.7. The molecule has 2 aromatic heterocycles. The van der Waals surface area contributed by atoms with Crippen molar-refractivity contribution in [2.45, 2.75) is 20.8 Å². The van der Waals surface area contributed by atoms with Crippen molar-refractivity contribution in [2.24, 2.45) is 5.41 Å². The maximum Gasteiger partial charge on any atom is 0.225 e. The molecular formula is C15H21N5O. The third-order valence-corrected chi connectivity index (χ3v) is 2.92. The van der Waals surface area contributed by atoms with Crippen molar-refractivity contribution in [3.05, 3.63) is 36.7 Å². The van der Waals surface area contributed by atoms with Crippen LogP contribution in [0, 0.1) is 5.41 Å². The van der Waals surface area contributed by atoms with E-state index in [2.05, 4.69) is 20.8 Å². The van der Waals surface area contributed by atoms with Crippen LogP contribution >= 0.6 is 0 Å². The zero-order chi connectivity index (χ0) is 15.3. The molecule has 0 atom stereocenters. The van der Waals surface area contributed by atoms with Crippen LogP contribution in [0.15, 0.2) is 36.7 Å². The Morgan fingerprint density at radius 3 is 2.43 bits per heavy atom. The molecule has 0 saturated heterocycles. The lowest BCUT2D eigenvalue weighted by Gasteiger charge is -2.17. The van der Waals surface area contributed by atoms with E-state index in [1.165, 1.54) is 0 Å². The van der Waals surface area contributed by atoms with Crippen molar-refractivity contribution in [1.82, 2.24) is 20.1 Å². The van der Waals surface area contributed by atoms with E-state index in [0.29, 0.717) is 18.9 Å². The van der Waals surface area contributed by atoms with Gasteiger partial charge in [0.2, 0.25) is 5.91 Å². The maximum atomic E-state index is 11.7. The van der Waals surface area contributed by atoms with E-state index >= 15 is 0 Å². The number of anilines is 1. The molecule has 0 saturated carbocycles. The van der Waals surface area contributed by atoms with Crippen molar-refractivity contribution >= 4 is 11.7 Å². The minimum atomic E-state index is -0.363. The monoisotopic (exact) mass is 287 g/mol. The van der Waals surface area contributed by atoms with Gasteiger partial charge in [0.25, 0.3) is 0 Å². The molecule has 112 valence electrons. The molecule has 2 N–H and O–H groups in total. The molecule has 0 unspecified atom stereocenters. The van der Waals surface area contributed by atoms with Gasteiger partial charge in [0.05, 0.1) is 0 Å². The Balaban J connectivity index is 1.78. The lowest BCUT2D eigenvalue weighted by Crippen LogP contribution is -2.37. The van der Waals surface area contributed by atoms with E-state index in [1.807, 2.05) is 62.0 Å². The van der Waals surface area contributed by atoms with Gasteiger partial charge >= 0.3 is 0 Å². The van der Waals surface area contributed by atoms with Crippen molar-refractivity contribution < 1.29 is 4.79 Å². The van der Waals surface area contributed by atoms with Gasteiger partial charge in [-0.1, -0.05) is 20.8 Å². The van der Waals surface area contributed by atoms with Crippen LogP contribution in [-0.4, -0.2) is 33.8 Å². The van der Waals surface area contributed by atoms with Crippen LogP contribution in [0.2, 0.25) is 0 Å². The Kier molecular flexibility index (Phi) is 4.57. The molecule has 2 rings (SSSR count). The quantitative estimate of drug-likeness (QED) is 0.823. The summed E-state index contributed by atoms with van der Waals surface area (Å²) in [5, 5.41) is 14.2. The van der Waals surface area contributed by atoms with Crippen LogP contribution in [0.5, 0.6) is 0 Å². The summed E-state index contributed by atoms with van der Waals surface area (Å²) in [5.41, 5.74) is -0.363. The fourth-order valence-corrected chi connectivity index (χ4v) is 1.68. The lowest BCUT2D eigenvalue weighted by atomic mass is 9.96. The zero-order valence-electron chi connectivity index (χ0n) is 12.6. The van der Waals surface area contributed by atoms with Gasteiger partial charge in [-0.3, -0.25) is 4.79 Å². The third-order valence-electron chi connectivity index (χ3n) is 2.92. The first-order valence-electron chi connectivity index (χ1n) is 6.96. The smallest absolute Gasteiger partial charge is 0.225 e. The number of amides is 1. The molecule has 6 heteroatoms. The summed E-state index contributed by atoms with van der Waals surface area (Å²) in [6, 6.07) is 7.63. The summed E-state index contributed by atoms with van der Waals surface area (Å²) < 4.78 is 1.89. The number of nitrogens with one attached hydrogen (secondary N) is 2. The molecule has 1 amide bonds. The second-order valence-corrected chi connectivity index (χ2v) is 5.80. The average Bonchev–Trinajstić information content (AvgIpc) is 2.97. The van der Waals surface area contributed by atoms with Crippen molar-refractivity contribution in [1.29, 1.82) is 0 Å². The van der Waals surface area contributed by atoms with Gasteiger partial charge < -0.3 is 15.2 Å². The fraction of sp³-hybridized carbons (Fsp3) is 0.400. The van der Waals surface area contributed by atoms with Gasteiger partial charge in [-0.15, -0.1) is 10.2 Å². The normalized spacial score (nSPS) is 11.2. The van der Waals surface area contributed by atoms with E-state index in [-0.39, 0.29) is 11.3 Å². The summed E-state index contributed by atoms with van der Waals surface area (Å²) >= 11 is 0. The zero-order valence-corrected chi connectivity index (χ0v) is 12.6. The predicted octanol–water partition coefficient (Wildman–Crippen LogP) is 1.84. The molecule has 21 heavy (non-hydrogen) atoms. The number of rotatable bonds is 5. The minimum Gasteiger partial charge on any atom is -0.367 e. The molecule has 0 spiro atoms. The van der Waals surface area contributed by atoms with Gasteiger partial charge in [-0.05, 0) is 24.3 Å². The second kappa shape index (κ2) is 6.39. The molecule has 2 aromatic rings. The first-order valence-corrected chi connectivity index (χ1v) is 6.96. The van der Waals surface area contributed by atoms with Crippen LogP contribution in [0.25, 0.3) is 5.82 Å². The van der Waals surface area contributed by atoms with Crippen LogP contribution in [-0.2, 0) is 4.79 Å². The molecule has 2 heterocycles. The highest BCUT2D eigenvalue weighted by atomic mass is 16.2. The molecule has 0 bridgehead atoms. The summed E-state index contributed by atoms with van der Waals surface area (Å²) in [6.07, 6.45) is 3.83. The summed E-state index contributed by atoms with van der Waals surface area (Å²) in [5.74, 6) is 1.50. The van der Waals surface area contributed by atoms with Crippen molar-refractivity contribution in [3.8, 4) is 5.82 Å². The van der Waals surface area contributed by atoms with E-state index < -0.39 is 0 Å². The van der Waals surface area contributed by atoms with Gasteiger partial charge in [0.15, 0.2) is 5.82 Å². The van der Waals surface area contributed by atoms with E-state index in [9.17, 15) is 4.79 Å². The third kappa shape index (κ3) is 4.30. The standard InChI is InChI=1S/C15H21N5O/c1-15(2,3)14(21)17-9-8-16-12-6-7-13(19-18-12)20-10-4-5-11-20/h4-7,10-11H,8-9H2,1-3H3,(H,16,18)(H,17,21). The maximum absolute atomic E-state index is 11.7. The number of hydrogen-bond acceptors (Lipinski definition) is 4. The van der Waals surface area contributed by atoms with Gasteiger partial charge in [0.1, 0.15) is 5.82 Å². The molecule has 0 aliphatic heterocycles. The van der Waals surface area contributed by atoms with Crippen molar-refractivity contribution in [3.63, 3.8) is 0 Å². The molecule has 0 aliphatic rings. The first kappa shape index (κ1) is 15.0. The summed E-state index contributed by atoms with van der Waals surface area (Å²) in [7, 11) is 0. The van der Waals surface area contributed by atoms with E-state index in [0.717, 1.165) is 5.82 Å². The van der Waals surface area contributed by atoms with Crippen LogP contribution < -0.4 is 10.6 Å². The van der Waals surface area contributed by atoms with E-state index in [1.54, 1.807) is 0 Å². The number of nitrogens with zero attached hydrogens (tertiary/aromatic N) is 3. The predicted molar refractivity (Wildman–Crippen MR) is 82.3 cm³/mol. The SMILES string of the molecule is CC(C)(C)C(=O)NCCNc1ccc(-n2cccc2)nn1. The van der Waals surface area contributed by atoms with Crippen LogP contribution in [0.1, 0.15) is 20.8 Å². The van der Waals surface area contributed by atoms with Gasteiger partial charge in [0, 0.05) is 30.9 Å². The number of carbonyl (C=O) groups is 1. The lowest BCUT2D eigenvalue weighted by molar-refractivity contribution is -0.128. The molecular weight excluding hydrogens is 266 g/mol. The summed E-state index contributed by atoms with van der Waals surface area (Å²) in [6.45, 7) is 6.83. The average molecular weight is 287 g/mol. The van der Waals surface area contributed by atoms with E-state index in [4.69, 9.17) is 0 Å². The minimum absolute atomic E-state index is 0.0401. The highest BCUT2D eigenvalue weighted by Gasteiger charge is 2.20. The fourth-order valence-electron chi connectivity index (χ4n) is 1.68. The number of carbonyl (C=O) groups excluding carboxylic acids is 1. The molecule has 0 aromatic carbocycles. The highest BCUT2D eigenvalue weighted by molar-refractivity contribution is 5.81. The number of aromatic nitrogens is 3. The largest absolute Gasteiger partial charge is 0.367 e. The first-order chi connectivity index (χ1) is 9.97. The highest BCUT2D eigenvalue weighted by Crippen LogP contribution is 2.12.